The van der Waals surface area contributed by atoms with Crippen LogP contribution in [0.3, 0.4) is 0 Å². The number of hydrogen-bond acceptors (Lipinski definition) is 4. The number of benzene rings is 1. The molecule has 0 aliphatic heterocycles. The molecule has 88 valence electrons. The summed E-state index contributed by atoms with van der Waals surface area (Å²) in [5.41, 5.74) is 0.857. The molecule has 0 aromatic heterocycles. The van der Waals surface area contributed by atoms with Gasteiger partial charge in [0.15, 0.2) is 0 Å². The Labute approximate surface area is 93.7 Å². The summed E-state index contributed by atoms with van der Waals surface area (Å²) in [6.07, 6.45) is 0. The summed E-state index contributed by atoms with van der Waals surface area (Å²) in [5, 5.41) is 20.8. The maximum atomic E-state index is 10.7. The summed E-state index contributed by atoms with van der Waals surface area (Å²) >= 11 is 0. The fraction of sp³-hybridized carbons (Fsp3) is 0.364. The molecule has 1 aromatic carbocycles. The monoisotopic (exact) mass is 225 g/mol. The second-order valence-electron chi connectivity index (χ2n) is 3.37. The molecule has 16 heavy (non-hydrogen) atoms. The minimum atomic E-state index is -0.976. The Balaban J connectivity index is 2.72. The first kappa shape index (κ1) is 12.5. The second kappa shape index (κ2) is 6.09. The molecule has 1 aromatic rings. The van der Waals surface area contributed by atoms with E-state index in [1.54, 1.807) is 12.1 Å². The lowest BCUT2D eigenvalue weighted by molar-refractivity contribution is 0.0697. The van der Waals surface area contributed by atoms with Gasteiger partial charge in [-0.25, -0.2) is 4.79 Å². The molecule has 3 N–H and O–H groups in total. The normalized spacial score (nSPS) is 12.1. The van der Waals surface area contributed by atoms with Gasteiger partial charge in [0.05, 0.1) is 24.8 Å². The van der Waals surface area contributed by atoms with E-state index in [9.17, 15) is 4.79 Å². The Kier molecular flexibility index (Phi) is 4.75. The zero-order valence-corrected chi connectivity index (χ0v) is 9.01. The molecule has 0 aliphatic rings. The molecule has 0 radical (unpaired) electrons. The number of aliphatic hydroxyl groups is 1. The highest BCUT2D eigenvalue weighted by Crippen LogP contribution is 2.11. The Hall–Kier alpha value is -1.59. The van der Waals surface area contributed by atoms with Crippen molar-refractivity contribution in [3.63, 3.8) is 0 Å². The smallest absolute Gasteiger partial charge is 0.335 e. The molecule has 1 unspecified atom stereocenters. The molecule has 0 heterocycles. The number of anilines is 1. The molecule has 1 atom stereocenters. The number of hydrogen-bond donors (Lipinski definition) is 3. The number of methoxy groups -OCH3 is 1. The van der Waals surface area contributed by atoms with Gasteiger partial charge in [-0.05, 0) is 18.2 Å². The van der Waals surface area contributed by atoms with E-state index in [0.29, 0.717) is 12.3 Å². The van der Waals surface area contributed by atoms with E-state index in [0.717, 1.165) is 0 Å². The third kappa shape index (κ3) is 3.52. The van der Waals surface area contributed by atoms with Crippen molar-refractivity contribution in [2.75, 3.05) is 25.6 Å². The number of nitrogens with one attached hydrogen (secondary N) is 1. The van der Waals surface area contributed by atoms with Crippen LogP contribution in [0.15, 0.2) is 24.3 Å². The number of rotatable bonds is 6. The Morgan fingerprint density at radius 1 is 1.56 bits per heavy atom. The van der Waals surface area contributed by atoms with Crippen molar-refractivity contribution < 1.29 is 19.7 Å². The van der Waals surface area contributed by atoms with E-state index < -0.39 is 5.97 Å². The van der Waals surface area contributed by atoms with E-state index in [1.807, 2.05) is 0 Å². The van der Waals surface area contributed by atoms with Gasteiger partial charge in [-0.2, -0.15) is 0 Å². The zero-order valence-electron chi connectivity index (χ0n) is 9.01. The van der Waals surface area contributed by atoms with Gasteiger partial charge in [-0.3, -0.25) is 0 Å². The van der Waals surface area contributed by atoms with Crippen LogP contribution in [-0.2, 0) is 4.74 Å². The number of ether oxygens (including phenoxy) is 1. The van der Waals surface area contributed by atoms with E-state index in [1.165, 1.54) is 19.2 Å². The topological polar surface area (TPSA) is 78.8 Å². The van der Waals surface area contributed by atoms with Crippen molar-refractivity contribution in [2.24, 2.45) is 0 Å². The zero-order chi connectivity index (χ0) is 12.0. The van der Waals surface area contributed by atoms with E-state index >= 15 is 0 Å². The predicted octanol–water partition coefficient (Wildman–Crippen LogP) is 0.804. The number of carbonyl (C=O) groups is 1. The first-order valence-electron chi connectivity index (χ1n) is 4.87. The quantitative estimate of drug-likeness (QED) is 0.667. The molecular formula is C11H15NO4. The first-order chi connectivity index (χ1) is 7.67. The Morgan fingerprint density at radius 2 is 2.31 bits per heavy atom. The van der Waals surface area contributed by atoms with Gasteiger partial charge < -0.3 is 20.3 Å². The van der Waals surface area contributed by atoms with Crippen LogP contribution in [0.1, 0.15) is 10.4 Å². The molecular weight excluding hydrogens is 210 g/mol. The van der Waals surface area contributed by atoms with Crippen LogP contribution in [0.2, 0.25) is 0 Å². The number of carboxylic acid groups (broad SMARTS) is 1. The van der Waals surface area contributed by atoms with Gasteiger partial charge in [-0.1, -0.05) is 6.07 Å². The lowest BCUT2D eigenvalue weighted by Gasteiger charge is -2.16. The summed E-state index contributed by atoms with van der Waals surface area (Å²) in [5.74, 6) is -0.976. The van der Waals surface area contributed by atoms with Crippen LogP contribution in [0.4, 0.5) is 5.69 Å². The summed E-state index contributed by atoms with van der Waals surface area (Å²) in [4.78, 5) is 10.7. The summed E-state index contributed by atoms with van der Waals surface area (Å²) in [6.45, 7) is 0.277. The largest absolute Gasteiger partial charge is 0.478 e. The summed E-state index contributed by atoms with van der Waals surface area (Å²) < 4.78 is 4.91. The average molecular weight is 225 g/mol. The van der Waals surface area contributed by atoms with Crippen molar-refractivity contribution >= 4 is 11.7 Å². The van der Waals surface area contributed by atoms with Crippen molar-refractivity contribution in [3.8, 4) is 0 Å². The molecule has 1 rings (SSSR count). The van der Waals surface area contributed by atoms with Crippen molar-refractivity contribution in [1.29, 1.82) is 0 Å². The molecule has 0 bridgehead atoms. The number of aromatic carboxylic acids is 1. The molecule has 0 saturated carbocycles. The molecule has 5 nitrogen and oxygen atoms in total. The van der Waals surface area contributed by atoms with Crippen LogP contribution in [0.5, 0.6) is 0 Å². The lowest BCUT2D eigenvalue weighted by atomic mass is 10.2. The van der Waals surface area contributed by atoms with Crippen LogP contribution >= 0.6 is 0 Å². The Bertz CT molecular complexity index is 354. The van der Waals surface area contributed by atoms with Gasteiger partial charge >= 0.3 is 5.97 Å². The van der Waals surface area contributed by atoms with Crippen LogP contribution in [0, 0.1) is 0 Å². The van der Waals surface area contributed by atoms with Gasteiger partial charge in [0, 0.05) is 12.8 Å². The molecule has 0 fully saturated rings. The third-order valence-electron chi connectivity index (χ3n) is 2.07. The van der Waals surface area contributed by atoms with Crippen LogP contribution in [-0.4, -0.2) is 42.5 Å². The standard InChI is InChI=1S/C11H15NO4/c1-16-7-10(6-13)12-9-4-2-3-8(5-9)11(14)15/h2-5,10,12-13H,6-7H2,1H3,(H,14,15). The van der Waals surface area contributed by atoms with Crippen molar-refractivity contribution in [3.05, 3.63) is 29.8 Å². The number of carboxylic acids is 1. The molecule has 0 amide bonds. The van der Waals surface area contributed by atoms with Crippen LogP contribution < -0.4 is 5.32 Å². The first-order valence-corrected chi connectivity index (χ1v) is 4.87. The van der Waals surface area contributed by atoms with Gasteiger partial charge in [0.2, 0.25) is 0 Å². The SMILES string of the molecule is COCC(CO)Nc1cccc(C(=O)O)c1. The van der Waals surface area contributed by atoms with Gasteiger partial charge in [-0.15, -0.1) is 0 Å². The average Bonchev–Trinajstić information content (AvgIpc) is 2.29. The highest BCUT2D eigenvalue weighted by Gasteiger charge is 2.08. The highest BCUT2D eigenvalue weighted by atomic mass is 16.5. The minimum absolute atomic E-state index is 0.0782. The fourth-order valence-corrected chi connectivity index (χ4v) is 1.32. The Morgan fingerprint density at radius 3 is 2.88 bits per heavy atom. The maximum absolute atomic E-state index is 10.7. The molecule has 0 aliphatic carbocycles. The second-order valence-corrected chi connectivity index (χ2v) is 3.37. The van der Waals surface area contributed by atoms with Crippen LogP contribution in [0.25, 0.3) is 0 Å². The lowest BCUT2D eigenvalue weighted by Crippen LogP contribution is -2.28. The molecule has 0 saturated heterocycles. The highest BCUT2D eigenvalue weighted by molar-refractivity contribution is 5.88. The van der Waals surface area contributed by atoms with E-state index in [-0.39, 0.29) is 18.2 Å². The summed E-state index contributed by atoms with van der Waals surface area (Å²) in [6, 6.07) is 6.17. The van der Waals surface area contributed by atoms with Gasteiger partial charge in [0.1, 0.15) is 0 Å². The summed E-state index contributed by atoms with van der Waals surface area (Å²) in [7, 11) is 1.54. The van der Waals surface area contributed by atoms with E-state index in [2.05, 4.69) is 5.32 Å². The molecule has 5 heteroatoms. The predicted molar refractivity (Wildman–Crippen MR) is 59.8 cm³/mol. The van der Waals surface area contributed by atoms with Crippen molar-refractivity contribution in [2.45, 2.75) is 6.04 Å². The van der Waals surface area contributed by atoms with Crippen molar-refractivity contribution in [1.82, 2.24) is 0 Å². The fourth-order valence-electron chi connectivity index (χ4n) is 1.32. The van der Waals surface area contributed by atoms with Gasteiger partial charge in [0.25, 0.3) is 0 Å². The minimum Gasteiger partial charge on any atom is -0.478 e. The third-order valence-corrected chi connectivity index (χ3v) is 2.07. The van der Waals surface area contributed by atoms with E-state index in [4.69, 9.17) is 14.9 Å². The number of aliphatic hydroxyl groups excluding tert-OH is 1. The molecule has 0 spiro atoms. The maximum Gasteiger partial charge on any atom is 0.335 e.